The Balaban J connectivity index is 1.48. The van der Waals surface area contributed by atoms with Crippen LogP contribution in [0.25, 0.3) is 11.4 Å². The largest absolute Gasteiger partial charge is 0.323 e. The van der Waals surface area contributed by atoms with Crippen LogP contribution < -0.4 is 5.32 Å². The number of Topliss-reactive ketones (excluding diaryl/α,β-unsaturated/α-hetero) is 1. The maximum absolute atomic E-state index is 12.4. The quantitative estimate of drug-likeness (QED) is 0.582. The number of hydrogen-bond acceptors (Lipinski definition) is 6. The molecule has 3 heterocycles. The van der Waals surface area contributed by atoms with E-state index in [1.807, 2.05) is 32.0 Å². The molecular weight excluding hydrogens is 364 g/mol. The number of allylic oxidation sites excluding steroid dienone is 4. The molecule has 0 atom stereocenters. The van der Waals surface area contributed by atoms with Gasteiger partial charge in [-0.15, -0.1) is 0 Å². The summed E-state index contributed by atoms with van der Waals surface area (Å²) in [6.45, 7) is 3.84. The summed E-state index contributed by atoms with van der Waals surface area (Å²) in [6, 6.07) is 7.33. The Morgan fingerprint density at radius 3 is 2.76 bits per heavy atom. The second-order valence-corrected chi connectivity index (χ2v) is 7.05. The molecule has 0 spiro atoms. The van der Waals surface area contributed by atoms with Gasteiger partial charge in [0.05, 0.1) is 0 Å². The Morgan fingerprint density at radius 1 is 1.17 bits per heavy atom. The minimum absolute atomic E-state index is 0.0409. The van der Waals surface area contributed by atoms with E-state index in [1.54, 1.807) is 12.3 Å². The molecule has 1 aliphatic rings. The highest BCUT2D eigenvalue weighted by atomic mass is 16.1. The Morgan fingerprint density at radius 2 is 2.07 bits per heavy atom. The fourth-order valence-corrected chi connectivity index (χ4v) is 3.14. The first-order valence-corrected chi connectivity index (χ1v) is 9.57. The van der Waals surface area contributed by atoms with Gasteiger partial charge >= 0.3 is 0 Å². The van der Waals surface area contributed by atoms with Gasteiger partial charge in [0.25, 0.3) is 0 Å². The smallest absolute Gasteiger partial charge is 0.181 e. The molecule has 0 saturated heterocycles. The molecule has 0 radical (unpaired) electrons. The summed E-state index contributed by atoms with van der Waals surface area (Å²) in [5.41, 5.74) is 4.23. The van der Waals surface area contributed by atoms with E-state index in [2.05, 4.69) is 48.7 Å². The van der Waals surface area contributed by atoms with Crippen LogP contribution in [0.15, 0.2) is 54.3 Å². The van der Waals surface area contributed by atoms with Gasteiger partial charge in [-0.3, -0.25) is 14.9 Å². The first-order chi connectivity index (χ1) is 14.1. The number of H-pyrrole nitrogens is 1. The molecule has 7 heteroatoms. The second-order valence-electron chi connectivity index (χ2n) is 7.05. The predicted molar refractivity (Wildman–Crippen MR) is 112 cm³/mol. The molecule has 2 N–H and O–H groups in total. The molecule has 4 rings (SSSR count). The minimum atomic E-state index is 0.0409. The summed E-state index contributed by atoms with van der Waals surface area (Å²) >= 11 is 0. The topological polar surface area (TPSA) is 96.5 Å². The average Bonchev–Trinajstić information content (AvgIpc) is 3.37. The maximum Gasteiger partial charge on any atom is 0.181 e. The van der Waals surface area contributed by atoms with Crippen molar-refractivity contribution in [1.82, 2.24) is 25.1 Å². The molecule has 3 aromatic rings. The molecule has 0 aliphatic heterocycles. The highest BCUT2D eigenvalue weighted by Gasteiger charge is 2.11. The zero-order chi connectivity index (χ0) is 20.2. The van der Waals surface area contributed by atoms with Crippen molar-refractivity contribution in [2.24, 2.45) is 0 Å². The highest BCUT2D eigenvalue weighted by Crippen LogP contribution is 2.21. The molecule has 0 unspecified atom stereocenters. The maximum atomic E-state index is 12.4. The van der Waals surface area contributed by atoms with Gasteiger partial charge in [0.15, 0.2) is 17.4 Å². The lowest BCUT2D eigenvalue weighted by Crippen LogP contribution is -2.03. The van der Waals surface area contributed by atoms with Crippen LogP contribution in [0.2, 0.25) is 0 Å². The Hall–Kier alpha value is -3.61. The summed E-state index contributed by atoms with van der Waals surface area (Å²) < 4.78 is 0. The van der Waals surface area contributed by atoms with Gasteiger partial charge in [0, 0.05) is 41.7 Å². The van der Waals surface area contributed by atoms with E-state index in [0.29, 0.717) is 29.6 Å². The monoisotopic (exact) mass is 386 g/mol. The van der Waals surface area contributed by atoms with Crippen LogP contribution in [-0.2, 0) is 0 Å². The van der Waals surface area contributed by atoms with Gasteiger partial charge in [0.2, 0.25) is 0 Å². The van der Waals surface area contributed by atoms with Crippen molar-refractivity contribution >= 4 is 17.4 Å². The first-order valence-electron chi connectivity index (χ1n) is 9.57. The lowest BCUT2D eigenvalue weighted by molar-refractivity contribution is 0.0978. The van der Waals surface area contributed by atoms with E-state index >= 15 is 0 Å². The summed E-state index contributed by atoms with van der Waals surface area (Å²) in [5, 5.41) is 10.2. The average molecular weight is 386 g/mol. The van der Waals surface area contributed by atoms with Crippen molar-refractivity contribution in [2.45, 2.75) is 33.1 Å². The van der Waals surface area contributed by atoms with E-state index < -0.39 is 0 Å². The van der Waals surface area contributed by atoms with Crippen molar-refractivity contribution in [1.29, 1.82) is 0 Å². The normalized spacial score (nSPS) is 12.8. The lowest BCUT2D eigenvalue weighted by Gasteiger charge is -2.07. The number of carbonyl (C=O) groups is 1. The number of nitrogens with zero attached hydrogens (tertiary/aromatic N) is 4. The molecule has 29 heavy (non-hydrogen) atoms. The number of ketones is 1. The van der Waals surface area contributed by atoms with Crippen LogP contribution in [0.5, 0.6) is 0 Å². The standard InChI is InChI=1S/C22H22N6O/c1-14-11-20(25-21-12-15(2)27-28-21)26-22(24-14)17-8-9-18(23-13-17)19(29)10-7-16-5-3-4-6-16/h3,5-6,8-9,11-13H,4,7,10H2,1-2H3,(H2,24,25,26,27,28). The molecule has 0 bridgehead atoms. The number of rotatable bonds is 7. The lowest BCUT2D eigenvalue weighted by atomic mass is 10.1. The summed E-state index contributed by atoms with van der Waals surface area (Å²) in [5.74, 6) is 1.93. The van der Waals surface area contributed by atoms with Crippen LogP contribution in [0.3, 0.4) is 0 Å². The third kappa shape index (κ3) is 4.63. The predicted octanol–water partition coefficient (Wildman–Crippen LogP) is 4.47. The zero-order valence-corrected chi connectivity index (χ0v) is 16.4. The van der Waals surface area contributed by atoms with Crippen molar-refractivity contribution in [3.8, 4) is 11.4 Å². The van der Waals surface area contributed by atoms with Gasteiger partial charge in [-0.25, -0.2) is 9.97 Å². The van der Waals surface area contributed by atoms with E-state index in [1.165, 1.54) is 5.57 Å². The Labute approximate surface area is 169 Å². The van der Waals surface area contributed by atoms with Gasteiger partial charge in [0.1, 0.15) is 11.5 Å². The first kappa shape index (κ1) is 18.7. The molecule has 146 valence electrons. The van der Waals surface area contributed by atoms with E-state index in [0.717, 1.165) is 29.8 Å². The van der Waals surface area contributed by atoms with Crippen LogP contribution >= 0.6 is 0 Å². The minimum Gasteiger partial charge on any atom is -0.323 e. The van der Waals surface area contributed by atoms with Crippen LogP contribution in [0.4, 0.5) is 11.6 Å². The summed E-state index contributed by atoms with van der Waals surface area (Å²) in [4.78, 5) is 25.8. The molecular formula is C22H22N6O. The number of nitrogens with one attached hydrogen (secondary N) is 2. The molecule has 0 saturated carbocycles. The number of aryl methyl sites for hydroxylation is 2. The number of anilines is 2. The molecule has 3 aromatic heterocycles. The molecule has 0 fully saturated rings. The van der Waals surface area contributed by atoms with Crippen molar-refractivity contribution < 1.29 is 4.79 Å². The third-order valence-electron chi connectivity index (χ3n) is 4.61. The van der Waals surface area contributed by atoms with Crippen molar-refractivity contribution in [3.63, 3.8) is 0 Å². The van der Waals surface area contributed by atoms with Gasteiger partial charge in [-0.05, 0) is 38.8 Å². The number of hydrogen-bond donors (Lipinski definition) is 2. The SMILES string of the molecule is Cc1cc(Nc2cc(C)[nH]n2)nc(-c2ccc(C(=O)CCC3=CCC=C3)nc2)n1. The number of aromatic nitrogens is 5. The van der Waals surface area contributed by atoms with Gasteiger partial charge in [-0.2, -0.15) is 5.10 Å². The molecule has 7 nitrogen and oxygen atoms in total. The van der Waals surface area contributed by atoms with Crippen LogP contribution in [0, 0.1) is 13.8 Å². The number of aromatic amines is 1. The van der Waals surface area contributed by atoms with E-state index in [-0.39, 0.29) is 5.78 Å². The summed E-state index contributed by atoms with van der Waals surface area (Å²) in [7, 11) is 0. The fourth-order valence-electron chi connectivity index (χ4n) is 3.14. The second kappa shape index (κ2) is 8.18. The van der Waals surface area contributed by atoms with E-state index in [4.69, 9.17) is 0 Å². The van der Waals surface area contributed by atoms with Crippen LogP contribution in [0.1, 0.15) is 41.1 Å². The Kier molecular flexibility index (Phi) is 5.29. The fraction of sp³-hybridized carbons (Fsp3) is 0.227. The van der Waals surface area contributed by atoms with E-state index in [9.17, 15) is 4.79 Å². The number of carbonyl (C=O) groups excluding carboxylic acids is 1. The van der Waals surface area contributed by atoms with Crippen molar-refractivity contribution in [2.75, 3.05) is 5.32 Å². The van der Waals surface area contributed by atoms with Gasteiger partial charge < -0.3 is 5.32 Å². The van der Waals surface area contributed by atoms with Gasteiger partial charge in [-0.1, -0.05) is 23.8 Å². The molecule has 1 aliphatic carbocycles. The van der Waals surface area contributed by atoms with Crippen molar-refractivity contribution in [3.05, 3.63) is 71.3 Å². The summed E-state index contributed by atoms with van der Waals surface area (Å²) in [6.07, 6.45) is 10.2. The Bertz CT molecular complexity index is 1090. The zero-order valence-electron chi connectivity index (χ0n) is 16.4. The third-order valence-corrected chi connectivity index (χ3v) is 4.61. The molecule has 0 aromatic carbocycles. The highest BCUT2D eigenvalue weighted by molar-refractivity contribution is 5.94. The number of pyridine rings is 1. The van der Waals surface area contributed by atoms with Crippen LogP contribution in [-0.4, -0.2) is 30.9 Å². The molecule has 0 amide bonds.